The SMILES string of the molecule is COc1ccc(CN2CCNCC2c2cccc(F)c2)cc1OC(F)F. The third-order valence-corrected chi connectivity index (χ3v) is 4.42. The maximum Gasteiger partial charge on any atom is 0.387 e. The van der Waals surface area contributed by atoms with Gasteiger partial charge in [-0.2, -0.15) is 8.78 Å². The Morgan fingerprint density at radius 2 is 2.04 bits per heavy atom. The van der Waals surface area contributed by atoms with Crippen molar-refractivity contribution in [3.05, 3.63) is 59.4 Å². The second kappa shape index (κ2) is 8.42. The molecule has 1 heterocycles. The molecule has 2 aromatic carbocycles. The molecule has 0 aliphatic carbocycles. The van der Waals surface area contributed by atoms with Gasteiger partial charge in [0.2, 0.25) is 0 Å². The third kappa shape index (κ3) is 4.47. The molecular weight excluding hydrogens is 345 g/mol. The van der Waals surface area contributed by atoms with Crippen LogP contribution in [0.1, 0.15) is 17.2 Å². The fourth-order valence-corrected chi connectivity index (χ4v) is 3.22. The molecule has 1 unspecified atom stereocenters. The molecule has 2 aromatic rings. The number of nitrogens with zero attached hydrogens (tertiary/aromatic N) is 1. The van der Waals surface area contributed by atoms with Gasteiger partial charge in [0.1, 0.15) is 5.82 Å². The first kappa shape index (κ1) is 18.5. The van der Waals surface area contributed by atoms with Crippen molar-refractivity contribution in [2.75, 3.05) is 26.7 Å². The van der Waals surface area contributed by atoms with Gasteiger partial charge in [-0.05, 0) is 35.4 Å². The van der Waals surface area contributed by atoms with Crippen LogP contribution in [0.4, 0.5) is 13.2 Å². The number of halogens is 3. The van der Waals surface area contributed by atoms with Crippen molar-refractivity contribution in [1.29, 1.82) is 0 Å². The van der Waals surface area contributed by atoms with Gasteiger partial charge in [0.15, 0.2) is 11.5 Å². The van der Waals surface area contributed by atoms with Crippen LogP contribution < -0.4 is 14.8 Å². The summed E-state index contributed by atoms with van der Waals surface area (Å²) in [4.78, 5) is 2.19. The lowest BCUT2D eigenvalue weighted by Crippen LogP contribution is -2.45. The number of ether oxygens (including phenoxy) is 2. The lowest BCUT2D eigenvalue weighted by atomic mass is 10.0. The summed E-state index contributed by atoms with van der Waals surface area (Å²) in [7, 11) is 1.41. The third-order valence-electron chi connectivity index (χ3n) is 4.42. The van der Waals surface area contributed by atoms with Crippen LogP contribution in [0.15, 0.2) is 42.5 Å². The molecule has 1 fully saturated rings. The second-order valence-corrected chi connectivity index (χ2v) is 6.11. The van der Waals surface area contributed by atoms with E-state index in [0.717, 1.165) is 24.2 Å². The molecule has 0 radical (unpaired) electrons. The molecule has 3 rings (SSSR count). The molecule has 0 amide bonds. The van der Waals surface area contributed by atoms with Crippen molar-refractivity contribution >= 4 is 0 Å². The molecule has 0 bridgehead atoms. The zero-order valence-corrected chi connectivity index (χ0v) is 14.4. The summed E-state index contributed by atoms with van der Waals surface area (Å²) in [6, 6.07) is 11.5. The van der Waals surface area contributed by atoms with Gasteiger partial charge in [-0.1, -0.05) is 18.2 Å². The smallest absolute Gasteiger partial charge is 0.387 e. The minimum absolute atomic E-state index is 0.000943. The Labute approximate surface area is 150 Å². The molecule has 1 aliphatic heterocycles. The molecule has 1 aliphatic rings. The van der Waals surface area contributed by atoms with Crippen LogP contribution in [0.5, 0.6) is 11.5 Å². The number of hydrogen-bond donors (Lipinski definition) is 1. The monoisotopic (exact) mass is 366 g/mol. The van der Waals surface area contributed by atoms with E-state index in [0.29, 0.717) is 13.1 Å². The number of methoxy groups -OCH3 is 1. The summed E-state index contributed by atoms with van der Waals surface area (Å²) < 4.78 is 48.5. The van der Waals surface area contributed by atoms with E-state index in [1.807, 2.05) is 12.1 Å². The van der Waals surface area contributed by atoms with Crippen LogP contribution in [-0.2, 0) is 6.54 Å². The highest BCUT2D eigenvalue weighted by Gasteiger charge is 2.24. The van der Waals surface area contributed by atoms with Crippen LogP contribution in [0.25, 0.3) is 0 Å². The van der Waals surface area contributed by atoms with Crippen molar-refractivity contribution < 1.29 is 22.6 Å². The molecule has 26 heavy (non-hydrogen) atoms. The van der Waals surface area contributed by atoms with Gasteiger partial charge in [-0.15, -0.1) is 0 Å². The van der Waals surface area contributed by atoms with Gasteiger partial charge in [-0.3, -0.25) is 4.90 Å². The predicted octanol–water partition coefficient (Wildman–Crippen LogP) is 3.58. The first-order chi connectivity index (χ1) is 12.6. The van der Waals surface area contributed by atoms with Crippen molar-refractivity contribution in [2.24, 2.45) is 0 Å². The minimum Gasteiger partial charge on any atom is -0.493 e. The molecule has 140 valence electrons. The minimum atomic E-state index is -2.92. The summed E-state index contributed by atoms with van der Waals surface area (Å²) in [5.74, 6) is -0.00132. The quantitative estimate of drug-likeness (QED) is 0.847. The Morgan fingerprint density at radius 1 is 1.19 bits per heavy atom. The van der Waals surface area contributed by atoms with Gasteiger partial charge in [-0.25, -0.2) is 4.39 Å². The van der Waals surface area contributed by atoms with E-state index in [1.165, 1.54) is 19.2 Å². The molecule has 1 saturated heterocycles. The van der Waals surface area contributed by atoms with Crippen molar-refractivity contribution in [1.82, 2.24) is 10.2 Å². The van der Waals surface area contributed by atoms with E-state index in [-0.39, 0.29) is 23.4 Å². The van der Waals surface area contributed by atoms with E-state index >= 15 is 0 Å². The zero-order valence-electron chi connectivity index (χ0n) is 14.4. The average molecular weight is 366 g/mol. The van der Waals surface area contributed by atoms with Crippen molar-refractivity contribution in [3.8, 4) is 11.5 Å². The first-order valence-corrected chi connectivity index (χ1v) is 8.39. The summed E-state index contributed by atoms with van der Waals surface area (Å²) in [5.41, 5.74) is 1.71. The lowest BCUT2D eigenvalue weighted by Gasteiger charge is -2.36. The predicted molar refractivity (Wildman–Crippen MR) is 92.0 cm³/mol. The number of rotatable bonds is 6. The summed E-state index contributed by atoms with van der Waals surface area (Å²) in [6.07, 6.45) is 0. The number of hydrogen-bond acceptors (Lipinski definition) is 4. The van der Waals surface area contributed by atoms with Gasteiger partial charge in [0.05, 0.1) is 7.11 Å². The van der Waals surface area contributed by atoms with Crippen LogP contribution >= 0.6 is 0 Å². The van der Waals surface area contributed by atoms with E-state index in [2.05, 4.69) is 15.0 Å². The topological polar surface area (TPSA) is 33.7 Å². The van der Waals surface area contributed by atoms with Gasteiger partial charge in [0, 0.05) is 32.2 Å². The lowest BCUT2D eigenvalue weighted by molar-refractivity contribution is -0.0512. The number of nitrogens with one attached hydrogen (secondary N) is 1. The molecule has 0 saturated carbocycles. The highest BCUT2D eigenvalue weighted by Crippen LogP contribution is 2.31. The molecule has 1 atom stereocenters. The molecule has 7 heteroatoms. The summed E-state index contributed by atoms with van der Waals surface area (Å²) in [6.45, 7) is -0.119. The van der Waals surface area contributed by atoms with Crippen LogP contribution in [0.3, 0.4) is 0 Å². The maximum atomic E-state index is 13.6. The Hall–Kier alpha value is -2.25. The summed E-state index contributed by atoms with van der Waals surface area (Å²) >= 11 is 0. The van der Waals surface area contributed by atoms with Crippen LogP contribution in [-0.4, -0.2) is 38.3 Å². The molecule has 0 spiro atoms. The second-order valence-electron chi connectivity index (χ2n) is 6.11. The first-order valence-electron chi connectivity index (χ1n) is 8.39. The summed E-state index contributed by atoms with van der Waals surface area (Å²) in [5, 5.41) is 3.32. The highest BCUT2D eigenvalue weighted by molar-refractivity contribution is 5.43. The molecular formula is C19H21F3N2O2. The van der Waals surface area contributed by atoms with E-state index in [1.54, 1.807) is 18.2 Å². The molecule has 4 nitrogen and oxygen atoms in total. The van der Waals surface area contributed by atoms with E-state index in [4.69, 9.17) is 4.74 Å². The van der Waals surface area contributed by atoms with Gasteiger partial charge in [0.25, 0.3) is 0 Å². The Kier molecular flexibility index (Phi) is 6.00. The van der Waals surface area contributed by atoms with Crippen molar-refractivity contribution in [2.45, 2.75) is 19.2 Å². The number of piperazine rings is 1. The van der Waals surface area contributed by atoms with Crippen LogP contribution in [0, 0.1) is 5.82 Å². The standard InChI is InChI=1S/C19H21F3N2O2/c1-25-17-6-5-13(9-18(17)26-19(21)22)12-24-8-7-23-11-16(24)14-3-2-4-15(20)10-14/h2-6,9-10,16,19,23H,7-8,11-12H2,1H3. The van der Waals surface area contributed by atoms with Crippen molar-refractivity contribution in [3.63, 3.8) is 0 Å². The fourth-order valence-electron chi connectivity index (χ4n) is 3.22. The molecule has 0 aromatic heterocycles. The highest BCUT2D eigenvalue weighted by atomic mass is 19.3. The molecule has 1 N–H and O–H groups in total. The van der Waals surface area contributed by atoms with Gasteiger partial charge >= 0.3 is 6.61 Å². The Morgan fingerprint density at radius 3 is 2.77 bits per heavy atom. The van der Waals surface area contributed by atoms with E-state index in [9.17, 15) is 13.2 Å². The largest absolute Gasteiger partial charge is 0.493 e. The average Bonchev–Trinajstić information content (AvgIpc) is 2.62. The number of alkyl halides is 2. The Balaban J connectivity index is 1.81. The Bertz CT molecular complexity index is 742. The van der Waals surface area contributed by atoms with Crippen LogP contribution in [0.2, 0.25) is 0 Å². The van der Waals surface area contributed by atoms with E-state index < -0.39 is 6.61 Å². The maximum absolute atomic E-state index is 13.6. The fraction of sp³-hybridized carbons (Fsp3) is 0.368. The van der Waals surface area contributed by atoms with Gasteiger partial charge < -0.3 is 14.8 Å². The zero-order chi connectivity index (χ0) is 18.5. The number of benzene rings is 2. The normalized spacial score (nSPS) is 18.1.